The highest BCUT2D eigenvalue weighted by atomic mass is 16.6. The molecule has 19 heavy (non-hydrogen) atoms. The molecule has 2 N–H and O–H groups in total. The Balaban J connectivity index is 2.36. The molecular formula is C12H24O7. The zero-order valence-corrected chi connectivity index (χ0v) is 11.2. The Labute approximate surface area is 113 Å². The fourth-order valence-electron chi connectivity index (χ4n) is 1.61. The van der Waals surface area contributed by atoms with Crippen LogP contribution < -0.4 is 0 Å². The summed E-state index contributed by atoms with van der Waals surface area (Å²) < 4.78 is 26.7. The summed E-state index contributed by atoms with van der Waals surface area (Å²) in [5.74, 6) is 0. The van der Waals surface area contributed by atoms with Gasteiger partial charge in [-0.2, -0.15) is 0 Å². The quantitative estimate of drug-likeness (QED) is 0.657. The fraction of sp³-hybridized carbons (Fsp3) is 1.00. The Morgan fingerprint density at radius 2 is 0.895 bits per heavy atom. The van der Waals surface area contributed by atoms with E-state index in [0.717, 1.165) is 0 Å². The molecule has 0 saturated carbocycles. The fourth-order valence-corrected chi connectivity index (χ4v) is 1.61. The van der Waals surface area contributed by atoms with Crippen LogP contribution in [0.4, 0.5) is 0 Å². The monoisotopic (exact) mass is 280 g/mol. The molecule has 0 unspecified atom stereocenters. The van der Waals surface area contributed by atoms with Gasteiger partial charge in [-0.05, 0) is 0 Å². The van der Waals surface area contributed by atoms with Crippen molar-refractivity contribution in [3.8, 4) is 0 Å². The van der Waals surface area contributed by atoms with Crippen molar-refractivity contribution < 1.29 is 33.9 Å². The van der Waals surface area contributed by atoms with Gasteiger partial charge in [0.05, 0.1) is 66.1 Å². The van der Waals surface area contributed by atoms with E-state index < -0.39 is 12.2 Å². The van der Waals surface area contributed by atoms with Crippen molar-refractivity contribution in [2.45, 2.75) is 12.2 Å². The third-order valence-corrected chi connectivity index (χ3v) is 2.64. The Morgan fingerprint density at radius 3 is 1.21 bits per heavy atom. The average molecular weight is 280 g/mol. The minimum Gasteiger partial charge on any atom is -0.394 e. The van der Waals surface area contributed by atoms with E-state index in [9.17, 15) is 10.2 Å². The summed E-state index contributed by atoms with van der Waals surface area (Å²) in [6.07, 6.45) is -1.12. The van der Waals surface area contributed by atoms with Crippen LogP contribution >= 0.6 is 0 Å². The first-order chi connectivity index (χ1) is 9.38. The maximum absolute atomic E-state index is 9.23. The maximum Gasteiger partial charge on any atom is 0.109 e. The van der Waals surface area contributed by atoms with Crippen LogP contribution in [-0.2, 0) is 23.7 Å². The number of ether oxygens (including phenoxy) is 5. The number of hydrogen-bond donors (Lipinski definition) is 2. The molecule has 1 aliphatic heterocycles. The van der Waals surface area contributed by atoms with Gasteiger partial charge in [-0.1, -0.05) is 0 Å². The molecule has 2 atom stereocenters. The molecule has 7 nitrogen and oxygen atoms in total. The number of aliphatic hydroxyl groups is 2. The van der Waals surface area contributed by atoms with Gasteiger partial charge in [-0.15, -0.1) is 0 Å². The normalized spacial score (nSPS) is 29.4. The van der Waals surface area contributed by atoms with E-state index in [1.54, 1.807) is 0 Å². The summed E-state index contributed by atoms with van der Waals surface area (Å²) in [6, 6.07) is 0. The molecule has 0 aromatic heterocycles. The molecule has 1 aliphatic rings. The van der Waals surface area contributed by atoms with E-state index in [4.69, 9.17) is 23.7 Å². The standard InChI is InChI=1S/C12H24O7/c13-9-11-12(10-14)19-8-6-17-4-2-15-1-3-16-5-7-18-11/h11-14H,1-10H2/t11-,12+. The molecule has 0 spiro atoms. The van der Waals surface area contributed by atoms with Crippen molar-refractivity contribution in [3.63, 3.8) is 0 Å². The number of hydrogen-bond acceptors (Lipinski definition) is 7. The Bertz CT molecular complexity index is 183. The van der Waals surface area contributed by atoms with Gasteiger partial charge in [-0.3, -0.25) is 0 Å². The van der Waals surface area contributed by atoms with Crippen molar-refractivity contribution in [1.82, 2.24) is 0 Å². The molecule has 0 aliphatic carbocycles. The minimum atomic E-state index is -0.560. The SMILES string of the molecule is OC[C@@H]1OCCOCCOCCOCCO[C@@H]1CO. The van der Waals surface area contributed by atoms with Crippen LogP contribution in [0.1, 0.15) is 0 Å². The van der Waals surface area contributed by atoms with Crippen molar-refractivity contribution >= 4 is 0 Å². The molecule has 0 amide bonds. The van der Waals surface area contributed by atoms with E-state index in [0.29, 0.717) is 52.9 Å². The lowest BCUT2D eigenvalue weighted by Gasteiger charge is -2.24. The summed E-state index contributed by atoms with van der Waals surface area (Å²) in [6.45, 7) is 3.09. The molecule has 7 heteroatoms. The van der Waals surface area contributed by atoms with E-state index in [2.05, 4.69) is 0 Å². The van der Waals surface area contributed by atoms with Crippen molar-refractivity contribution in [2.75, 3.05) is 66.1 Å². The number of rotatable bonds is 2. The highest BCUT2D eigenvalue weighted by Gasteiger charge is 2.21. The second-order valence-corrected chi connectivity index (χ2v) is 4.02. The van der Waals surface area contributed by atoms with Gasteiger partial charge in [0.2, 0.25) is 0 Å². The minimum absolute atomic E-state index is 0.213. The van der Waals surface area contributed by atoms with Crippen LogP contribution in [-0.4, -0.2) is 88.5 Å². The van der Waals surface area contributed by atoms with Crippen molar-refractivity contribution in [2.24, 2.45) is 0 Å². The van der Waals surface area contributed by atoms with Crippen LogP contribution in [0.25, 0.3) is 0 Å². The van der Waals surface area contributed by atoms with Gasteiger partial charge in [0, 0.05) is 0 Å². The molecule has 1 saturated heterocycles. The molecule has 0 radical (unpaired) electrons. The highest BCUT2D eigenvalue weighted by Crippen LogP contribution is 2.04. The smallest absolute Gasteiger partial charge is 0.109 e. The van der Waals surface area contributed by atoms with Crippen LogP contribution in [0.2, 0.25) is 0 Å². The zero-order chi connectivity index (χ0) is 13.8. The lowest BCUT2D eigenvalue weighted by atomic mass is 10.2. The Morgan fingerprint density at radius 1 is 0.579 bits per heavy atom. The third-order valence-electron chi connectivity index (χ3n) is 2.64. The van der Waals surface area contributed by atoms with Crippen molar-refractivity contribution in [1.29, 1.82) is 0 Å². The van der Waals surface area contributed by atoms with Crippen LogP contribution in [0.5, 0.6) is 0 Å². The van der Waals surface area contributed by atoms with Gasteiger partial charge in [0.1, 0.15) is 12.2 Å². The molecule has 0 aromatic rings. The van der Waals surface area contributed by atoms with Crippen LogP contribution in [0, 0.1) is 0 Å². The maximum atomic E-state index is 9.23. The molecular weight excluding hydrogens is 256 g/mol. The molecule has 114 valence electrons. The Kier molecular flexibility index (Phi) is 10.2. The Hall–Kier alpha value is -0.280. The summed E-state index contributed by atoms with van der Waals surface area (Å²) in [5.41, 5.74) is 0. The van der Waals surface area contributed by atoms with Gasteiger partial charge in [-0.25, -0.2) is 0 Å². The molecule has 1 rings (SSSR count). The topological polar surface area (TPSA) is 86.6 Å². The molecule has 1 fully saturated rings. The van der Waals surface area contributed by atoms with Gasteiger partial charge in [0.15, 0.2) is 0 Å². The van der Waals surface area contributed by atoms with Gasteiger partial charge in [0.25, 0.3) is 0 Å². The molecule has 0 aromatic carbocycles. The van der Waals surface area contributed by atoms with Crippen molar-refractivity contribution in [3.05, 3.63) is 0 Å². The predicted octanol–water partition coefficient (Wildman–Crippen LogP) is -1.20. The zero-order valence-electron chi connectivity index (χ0n) is 11.2. The van der Waals surface area contributed by atoms with Gasteiger partial charge < -0.3 is 33.9 Å². The summed E-state index contributed by atoms with van der Waals surface area (Å²) >= 11 is 0. The molecule has 1 heterocycles. The second kappa shape index (κ2) is 11.5. The summed E-state index contributed by atoms with van der Waals surface area (Å²) in [4.78, 5) is 0. The molecule has 0 bridgehead atoms. The van der Waals surface area contributed by atoms with E-state index in [-0.39, 0.29) is 13.2 Å². The second-order valence-electron chi connectivity index (χ2n) is 4.02. The first-order valence-electron chi connectivity index (χ1n) is 6.56. The average Bonchev–Trinajstić information content (AvgIpc) is 2.45. The predicted molar refractivity (Wildman–Crippen MR) is 66.1 cm³/mol. The number of aliphatic hydroxyl groups excluding tert-OH is 2. The highest BCUT2D eigenvalue weighted by molar-refractivity contribution is 4.69. The first-order valence-corrected chi connectivity index (χ1v) is 6.56. The van der Waals surface area contributed by atoms with E-state index in [1.165, 1.54) is 0 Å². The van der Waals surface area contributed by atoms with E-state index in [1.807, 2.05) is 0 Å². The van der Waals surface area contributed by atoms with E-state index >= 15 is 0 Å². The van der Waals surface area contributed by atoms with Crippen LogP contribution in [0.15, 0.2) is 0 Å². The lowest BCUT2D eigenvalue weighted by Crippen LogP contribution is -2.39. The van der Waals surface area contributed by atoms with Gasteiger partial charge >= 0.3 is 0 Å². The summed E-state index contributed by atoms with van der Waals surface area (Å²) in [7, 11) is 0. The largest absolute Gasteiger partial charge is 0.394 e. The first kappa shape index (κ1) is 16.8. The summed E-state index contributed by atoms with van der Waals surface area (Å²) in [5, 5.41) is 18.5. The third kappa shape index (κ3) is 7.78. The van der Waals surface area contributed by atoms with Crippen LogP contribution in [0.3, 0.4) is 0 Å². The lowest BCUT2D eigenvalue weighted by molar-refractivity contribution is -0.122.